The number of H-pyrrole nitrogens is 1. The molecule has 1 N–H and O–H groups in total. The van der Waals surface area contributed by atoms with E-state index in [2.05, 4.69) is 37.0 Å². The molecule has 0 aliphatic carbocycles. The number of piperidine rings is 1. The highest BCUT2D eigenvalue weighted by atomic mass is 16.2. The third-order valence-electron chi connectivity index (χ3n) is 4.35. The van der Waals surface area contributed by atoms with Crippen molar-refractivity contribution in [1.82, 2.24) is 14.9 Å². The smallest absolute Gasteiger partial charge is 0.222 e. The summed E-state index contributed by atoms with van der Waals surface area (Å²) in [5, 5.41) is 0. The number of carbonyl (C=O) groups is 1. The molecule has 1 aromatic heterocycles. The minimum absolute atomic E-state index is 0.302. The van der Waals surface area contributed by atoms with Gasteiger partial charge < -0.3 is 9.88 Å². The van der Waals surface area contributed by atoms with Gasteiger partial charge in [-0.2, -0.15) is 0 Å². The summed E-state index contributed by atoms with van der Waals surface area (Å²) < 4.78 is 0. The van der Waals surface area contributed by atoms with Gasteiger partial charge in [-0.15, -0.1) is 0 Å². The van der Waals surface area contributed by atoms with E-state index < -0.39 is 0 Å². The maximum atomic E-state index is 11.9. The summed E-state index contributed by atoms with van der Waals surface area (Å²) >= 11 is 0. The zero-order chi connectivity index (χ0) is 14.8. The summed E-state index contributed by atoms with van der Waals surface area (Å²) in [4.78, 5) is 22.1. The van der Waals surface area contributed by atoms with Crippen LogP contribution in [-0.2, 0) is 4.79 Å². The van der Waals surface area contributed by atoms with Crippen molar-refractivity contribution in [3.05, 3.63) is 29.6 Å². The summed E-state index contributed by atoms with van der Waals surface area (Å²) in [5.74, 6) is 1.83. The third-order valence-corrected chi connectivity index (χ3v) is 4.35. The van der Waals surface area contributed by atoms with Crippen LogP contribution in [0.2, 0.25) is 0 Å². The van der Waals surface area contributed by atoms with Crippen LogP contribution in [0.5, 0.6) is 0 Å². The number of benzene rings is 1. The first kappa shape index (κ1) is 14.1. The third kappa shape index (κ3) is 2.94. The molecule has 0 unspecified atom stereocenters. The number of nitrogens with zero attached hydrogens (tertiary/aromatic N) is 2. The molecule has 1 aromatic carbocycles. The molecule has 1 fully saturated rings. The van der Waals surface area contributed by atoms with Gasteiger partial charge in [0.1, 0.15) is 5.82 Å². The second-order valence-corrected chi connectivity index (χ2v) is 6.05. The molecule has 0 radical (unpaired) electrons. The SMILES string of the molecule is CCCC(=O)N1CCC(c2nc3ccc(C)cc3[nH]2)CC1. The van der Waals surface area contributed by atoms with Gasteiger partial charge in [0.2, 0.25) is 5.91 Å². The number of aromatic amines is 1. The zero-order valence-corrected chi connectivity index (χ0v) is 12.9. The molecule has 1 aliphatic rings. The van der Waals surface area contributed by atoms with Gasteiger partial charge in [0.15, 0.2) is 0 Å². The van der Waals surface area contributed by atoms with Crippen LogP contribution < -0.4 is 0 Å². The monoisotopic (exact) mass is 285 g/mol. The van der Waals surface area contributed by atoms with E-state index in [4.69, 9.17) is 4.98 Å². The van der Waals surface area contributed by atoms with Crippen LogP contribution in [0.1, 0.15) is 49.9 Å². The second-order valence-electron chi connectivity index (χ2n) is 6.05. The van der Waals surface area contributed by atoms with Crippen LogP contribution in [0.15, 0.2) is 18.2 Å². The van der Waals surface area contributed by atoms with Crippen LogP contribution in [0.4, 0.5) is 0 Å². The van der Waals surface area contributed by atoms with Crippen molar-refractivity contribution in [3.63, 3.8) is 0 Å². The second kappa shape index (κ2) is 5.88. The van der Waals surface area contributed by atoms with Crippen molar-refractivity contribution in [2.75, 3.05) is 13.1 Å². The van der Waals surface area contributed by atoms with Gasteiger partial charge in [-0.1, -0.05) is 13.0 Å². The van der Waals surface area contributed by atoms with Crippen molar-refractivity contribution in [2.45, 2.75) is 45.4 Å². The molecule has 2 aromatic rings. The van der Waals surface area contributed by atoms with Gasteiger partial charge in [-0.25, -0.2) is 4.98 Å². The molecule has 0 bridgehead atoms. The van der Waals surface area contributed by atoms with Crippen LogP contribution in [0.25, 0.3) is 11.0 Å². The number of hydrogen-bond acceptors (Lipinski definition) is 2. The lowest BCUT2D eigenvalue weighted by Crippen LogP contribution is -2.37. The Morgan fingerprint density at radius 3 is 2.86 bits per heavy atom. The molecule has 112 valence electrons. The lowest BCUT2D eigenvalue weighted by molar-refractivity contribution is -0.132. The zero-order valence-electron chi connectivity index (χ0n) is 12.9. The van der Waals surface area contributed by atoms with E-state index in [1.165, 1.54) is 5.56 Å². The Bertz CT molecular complexity index is 639. The predicted octanol–water partition coefficient (Wildman–Crippen LogP) is 3.38. The highest BCUT2D eigenvalue weighted by Gasteiger charge is 2.25. The number of aromatic nitrogens is 2. The summed E-state index contributed by atoms with van der Waals surface area (Å²) in [6.07, 6.45) is 3.62. The number of rotatable bonds is 3. The Balaban J connectivity index is 1.69. The molecule has 1 aliphatic heterocycles. The van der Waals surface area contributed by atoms with Gasteiger partial charge in [0, 0.05) is 25.4 Å². The topological polar surface area (TPSA) is 49.0 Å². The van der Waals surface area contributed by atoms with Crippen LogP contribution in [-0.4, -0.2) is 33.9 Å². The normalized spacial score (nSPS) is 16.6. The quantitative estimate of drug-likeness (QED) is 0.940. The van der Waals surface area contributed by atoms with Crippen LogP contribution in [0.3, 0.4) is 0 Å². The highest BCUT2D eigenvalue weighted by Crippen LogP contribution is 2.28. The number of likely N-dealkylation sites (tertiary alicyclic amines) is 1. The van der Waals surface area contributed by atoms with Gasteiger partial charge >= 0.3 is 0 Å². The molecule has 4 heteroatoms. The lowest BCUT2D eigenvalue weighted by atomic mass is 9.96. The predicted molar refractivity (Wildman–Crippen MR) is 84.3 cm³/mol. The first-order valence-corrected chi connectivity index (χ1v) is 7.91. The molecule has 21 heavy (non-hydrogen) atoms. The number of nitrogens with one attached hydrogen (secondary N) is 1. The van der Waals surface area contributed by atoms with Crippen LogP contribution >= 0.6 is 0 Å². The van der Waals surface area contributed by atoms with E-state index in [0.29, 0.717) is 18.2 Å². The first-order valence-electron chi connectivity index (χ1n) is 7.91. The number of aryl methyl sites for hydroxylation is 1. The van der Waals surface area contributed by atoms with E-state index in [0.717, 1.165) is 49.2 Å². The van der Waals surface area contributed by atoms with Crippen molar-refractivity contribution < 1.29 is 4.79 Å². The molecule has 0 saturated carbocycles. The van der Waals surface area contributed by atoms with E-state index in [1.54, 1.807) is 0 Å². The van der Waals surface area contributed by atoms with Crippen molar-refractivity contribution in [1.29, 1.82) is 0 Å². The Kier molecular flexibility index (Phi) is 3.95. The number of carbonyl (C=O) groups excluding carboxylic acids is 1. The fourth-order valence-corrected chi connectivity index (χ4v) is 3.11. The van der Waals surface area contributed by atoms with Crippen molar-refractivity contribution in [2.24, 2.45) is 0 Å². The Morgan fingerprint density at radius 2 is 2.14 bits per heavy atom. The molecule has 1 saturated heterocycles. The fourth-order valence-electron chi connectivity index (χ4n) is 3.11. The van der Waals surface area contributed by atoms with E-state index in [1.807, 2.05) is 4.90 Å². The number of hydrogen-bond donors (Lipinski definition) is 1. The average molecular weight is 285 g/mol. The molecule has 0 spiro atoms. The maximum absolute atomic E-state index is 11.9. The van der Waals surface area contributed by atoms with Crippen molar-refractivity contribution in [3.8, 4) is 0 Å². The highest BCUT2D eigenvalue weighted by molar-refractivity contribution is 5.77. The van der Waals surface area contributed by atoms with Gasteiger partial charge in [-0.05, 0) is 43.9 Å². The van der Waals surface area contributed by atoms with E-state index >= 15 is 0 Å². The number of fused-ring (bicyclic) bond motifs is 1. The van der Waals surface area contributed by atoms with Gasteiger partial charge in [-0.3, -0.25) is 4.79 Å². The van der Waals surface area contributed by atoms with Crippen LogP contribution in [0, 0.1) is 6.92 Å². The maximum Gasteiger partial charge on any atom is 0.222 e. The van der Waals surface area contributed by atoms with Crippen molar-refractivity contribution >= 4 is 16.9 Å². The molecule has 3 rings (SSSR count). The molecule has 0 atom stereocenters. The Hall–Kier alpha value is -1.84. The van der Waals surface area contributed by atoms with E-state index in [9.17, 15) is 4.79 Å². The molecule has 2 heterocycles. The average Bonchev–Trinajstić information content (AvgIpc) is 2.90. The first-order chi connectivity index (χ1) is 10.2. The molecule has 4 nitrogen and oxygen atoms in total. The standard InChI is InChI=1S/C17H23N3O/c1-3-4-16(21)20-9-7-13(8-10-20)17-18-14-6-5-12(2)11-15(14)19-17/h5-6,11,13H,3-4,7-10H2,1-2H3,(H,18,19). The largest absolute Gasteiger partial charge is 0.343 e. The fraction of sp³-hybridized carbons (Fsp3) is 0.529. The molecular weight excluding hydrogens is 262 g/mol. The minimum atomic E-state index is 0.302. The molecular formula is C17H23N3O. The minimum Gasteiger partial charge on any atom is -0.343 e. The Labute approximate surface area is 125 Å². The summed E-state index contributed by atoms with van der Waals surface area (Å²) in [6.45, 7) is 5.87. The Morgan fingerprint density at radius 1 is 1.38 bits per heavy atom. The van der Waals surface area contributed by atoms with Gasteiger partial charge in [0.25, 0.3) is 0 Å². The lowest BCUT2D eigenvalue weighted by Gasteiger charge is -2.31. The van der Waals surface area contributed by atoms with E-state index in [-0.39, 0.29) is 0 Å². The summed E-state index contributed by atoms with van der Waals surface area (Å²) in [5.41, 5.74) is 3.41. The summed E-state index contributed by atoms with van der Waals surface area (Å²) in [7, 11) is 0. The number of amides is 1. The molecule has 1 amide bonds. The number of imidazole rings is 1. The van der Waals surface area contributed by atoms with Gasteiger partial charge in [0.05, 0.1) is 11.0 Å². The summed E-state index contributed by atoms with van der Waals surface area (Å²) in [6, 6.07) is 6.31.